The number of nitrogens with two attached hydrogens (primary N) is 1. The van der Waals surface area contributed by atoms with E-state index >= 15 is 0 Å². The lowest BCUT2D eigenvalue weighted by molar-refractivity contribution is -0.143. The van der Waals surface area contributed by atoms with E-state index in [9.17, 15) is 4.79 Å². The van der Waals surface area contributed by atoms with Crippen LogP contribution < -0.4 is 5.73 Å². The minimum atomic E-state index is -0.138. The van der Waals surface area contributed by atoms with Crippen LogP contribution in [0.25, 0.3) is 0 Å². The molecule has 1 unspecified atom stereocenters. The van der Waals surface area contributed by atoms with E-state index in [1.807, 2.05) is 0 Å². The van der Waals surface area contributed by atoms with Gasteiger partial charge >= 0.3 is 0 Å². The second-order valence-corrected chi connectivity index (χ2v) is 6.81. The average molecular weight is 266 g/mol. The van der Waals surface area contributed by atoms with Gasteiger partial charge in [-0.3, -0.25) is 4.79 Å². The van der Waals surface area contributed by atoms with Crippen LogP contribution in [0.5, 0.6) is 0 Å². The molecular weight excluding hydrogens is 240 g/mol. The highest BCUT2D eigenvalue weighted by Crippen LogP contribution is 2.40. The van der Waals surface area contributed by atoms with E-state index in [1.165, 1.54) is 12.8 Å². The van der Waals surface area contributed by atoms with Gasteiger partial charge in [-0.2, -0.15) is 0 Å². The van der Waals surface area contributed by atoms with Crippen molar-refractivity contribution < 1.29 is 9.53 Å². The van der Waals surface area contributed by atoms with Crippen molar-refractivity contribution in [1.29, 1.82) is 0 Å². The summed E-state index contributed by atoms with van der Waals surface area (Å²) < 4.78 is 5.57. The molecule has 0 aromatic carbocycles. The van der Waals surface area contributed by atoms with E-state index in [4.69, 9.17) is 10.5 Å². The van der Waals surface area contributed by atoms with Gasteiger partial charge in [-0.1, -0.05) is 0 Å². The first-order valence-corrected chi connectivity index (χ1v) is 7.70. The van der Waals surface area contributed by atoms with Crippen LogP contribution in [0, 0.1) is 11.8 Å². The molecule has 1 aliphatic heterocycles. The second-order valence-electron chi connectivity index (χ2n) is 6.81. The first kappa shape index (κ1) is 13.4. The zero-order chi connectivity index (χ0) is 13.5. The minimum absolute atomic E-state index is 0.138. The molecule has 0 spiro atoms. The fourth-order valence-corrected chi connectivity index (χ4v) is 4.08. The fraction of sp³-hybridized carbons (Fsp3) is 0.933. The number of amides is 1. The molecule has 4 heteroatoms. The van der Waals surface area contributed by atoms with Crippen LogP contribution in [0.15, 0.2) is 0 Å². The molecule has 2 N–H and O–H groups in total. The third-order valence-corrected chi connectivity index (χ3v) is 5.61. The standard InChI is InChI=1S/C15H26N2O2/c1-19-15(5-2-6-15)8-14(18)17-9-11-3-4-13(16)7-12(11)10-17/h11-13H,2-10,16H2,1H3/t11-,12+,13?/m1/s1. The molecule has 0 radical (unpaired) electrons. The van der Waals surface area contributed by atoms with Crippen molar-refractivity contribution in [3.8, 4) is 0 Å². The number of fused-ring (bicyclic) bond motifs is 1. The van der Waals surface area contributed by atoms with Gasteiger partial charge in [0.15, 0.2) is 0 Å². The van der Waals surface area contributed by atoms with Gasteiger partial charge in [-0.05, 0) is 50.4 Å². The van der Waals surface area contributed by atoms with Crippen molar-refractivity contribution in [2.24, 2.45) is 17.6 Å². The van der Waals surface area contributed by atoms with Crippen LogP contribution in [0.3, 0.4) is 0 Å². The van der Waals surface area contributed by atoms with Crippen LogP contribution >= 0.6 is 0 Å². The topological polar surface area (TPSA) is 55.6 Å². The third kappa shape index (κ3) is 2.52. The van der Waals surface area contributed by atoms with Crippen molar-refractivity contribution >= 4 is 5.91 Å². The van der Waals surface area contributed by atoms with Gasteiger partial charge in [0, 0.05) is 26.2 Å². The third-order valence-electron chi connectivity index (χ3n) is 5.61. The molecule has 19 heavy (non-hydrogen) atoms. The molecule has 0 bridgehead atoms. The van der Waals surface area contributed by atoms with Gasteiger partial charge < -0.3 is 15.4 Å². The number of rotatable bonds is 3. The summed E-state index contributed by atoms with van der Waals surface area (Å²) >= 11 is 0. The fourth-order valence-electron chi connectivity index (χ4n) is 4.08. The Bertz CT molecular complexity index is 349. The van der Waals surface area contributed by atoms with E-state index in [2.05, 4.69) is 4.90 Å². The molecule has 3 aliphatic rings. The first-order chi connectivity index (χ1) is 9.12. The predicted octanol–water partition coefficient (Wildman–Crippen LogP) is 1.53. The number of hydrogen-bond donors (Lipinski definition) is 1. The zero-order valence-electron chi connectivity index (χ0n) is 11.9. The average Bonchev–Trinajstić information content (AvgIpc) is 2.76. The summed E-state index contributed by atoms with van der Waals surface area (Å²) in [5.41, 5.74) is 5.91. The Morgan fingerprint density at radius 3 is 2.68 bits per heavy atom. The monoisotopic (exact) mass is 266 g/mol. The molecule has 2 saturated carbocycles. The Labute approximate surface area is 115 Å². The highest BCUT2D eigenvalue weighted by Gasteiger charge is 2.43. The lowest BCUT2D eigenvalue weighted by atomic mass is 9.77. The zero-order valence-corrected chi connectivity index (χ0v) is 11.9. The Balaban J connectivity index is 1.57. The summed E-state index contributed by atoms with van der Waals surface area (Å²) in [4.78, 5) is 14.5. The molecule has 3 atom stereocenters. The number of hydrogen-bond acceptors (Lipinski definition) is 3. The number of likely N-dealkylation sites (tertiary alicyclic amines) is 1. The number of nitrogens with zero attached hydrogens (tertiary/aromatic N) is 1. The van der Waals surface area contributed by atoms with Crippen molar-refractivity contribution in [3.63, 3.8) is 0 Å². The van der Waals surface area contributed by atoms with E-state index in [-0.39, 0.29) is 5.60 Å². The SMILES string of the molecule is COC1(CC(=O)N2C[C@H]3CCC(N)C[C@H]3C2)CCC1. The molecule has 3 fully saturated rings. The van der Waals surface area contributed by atoms with Gasteiger partial charge in [0.05, 0.1) is 12.0 Å². The van der Waals surface area contributed by atoms with Gasteiger partial charge in [0.2, 0.25) is 5.91 Å². The molecule has 1 heterocycles. The second kappa shape index (κ2) is 5.06. The summed E-state index contributed by atoms with van der Waals surface area (Å²) in [7, 11) is 1.75. The quantitative estimate of drug-likeness (QED) is 0.843. The maximum absolute atomic E-state index is 12.5. The van der Waals surface area contributed by atoms with E-state index in [0.717, 1.165) is 38.8 Å². The highest BCUT2D eigenvalue weighted by atomic mass is 16.5. The summed E-state index contributed by atoms with van der Waals surface area (Å²) in [6.45, 7) is 1.88. The molecule has 0 aromatic heterocycles. The Morgan fingerprint density at radius 2 is 2.05 bits per heavy atom. The number of methoxy groups -OCH3 is 1. The van der Waals surface area contributed by atoms with Crippen LogP contribution in [-0.2, 0) is 9.53 Å². The number of carbonyl (C=O) groups is 1. The summed E-state index contributed by atoms with van der Waals surface area (Å²) in [6.07, 6.45) is 7.29. The Kier molecular flexibility index (Phi) is 3.56. The van der Waals surface area contributed by atoms with Crippen LogP contribution in [0.4, 0.5) is 0 Å². The molecule has 2 aliphatic carbocycles. The van der Waals surface area contributed by atoms with Crippen LogP contribution in [0.2, 0.25) is 0 Å². The van der Waals surface area contributed by atoms with Gasteiger partial charge in [-0.25, -0.2) is 0 Å². The summed E-state index contributed by atoms with van der Waals surface area (Å²) in [5, 5.41) is 0. The van der Waals surface area contributed by atoms with Crippen molar-refractivity contribution in [1.82, 2.24) is 4.90 Å². The van der Waals surface area contributed by atoms with Gasteiger partial charge in [0.25, 0.3) is 0 Å². The van der Waals surface area contributed by atoms with Gasteiger partial charge in [0.1, 0.15) is 0 Å². The summed E-state index contributed by atoms with van der Waals surface area (Å²) in [6, 6.07) is 0.355. The first-order valence-electron chi connectivity index (χ1n) is 7.70. The normalized spacial score (nSPS) is 36.7. The smallest absolute Gasteiger partial charge is 0.225 e. The Morgan fingerprint density at radius 1 is 1.32 bits per heavy atom. The van der Waals surface area contributed by atoms with Gasteiger partial charge in [-0.15, -0.1) is 0 Å². The maximum Gasteiger partial charge on any atom is 0.225 e. The maximum atomic E-state index is 12.5. The summed E-state index contributed by atoms with van der Waals surface area (Å²) in [5.74, 6) is 1.64. The van der Waals surface area contributed by atoms with Crippen molar-refractivity contribution in [3.05, 3.63) is 0 Å². The molecule has 1 saturated heterocycles. The van der Waals surface area contributed by atoms with E-state index < -0.39 is 0 Å². The van der Waals surface area contributed by atoms with Crippen molar-refractivity contribution in [2.75, 3.05) is 20.2 Å². The number of ether oxygens (including phenoxy) is 1. The molecule has 1 amide bonds. The van der Waals surface area contributed by atoms with Crippen LogP contribution in [-0.4, -0.2) is 42.6 Å². The molecule has 3 rings (SSSR count). The molecular formula is C15H26N2O2. The van der Waals surface area contributed by atoms with E-state index in [0.29, 0.717) is 30.2 Å². The Hall–Kier alpha value is -0.610. The number of carbonyl (C=O) groups excluding carboxylic acids is 1. The van der Waals surface area contributed by atoms with Crippen LogP contribution in [0.1, 0.15) is 44.9 Å². The molecule has 4 nitrogen and oxygen atoms in total. The van der Waals surface area contributed by atoms with Crippen molar-refractivity contribution in [2.45, 2.75) is 56.6 Å². The minimum Gasteiger partial charge on any atom is -0.378 e. The molecule has 0 aromatic rings. The largest absolute Gasteiger partial charge is 0.378 e. The lowest BCUT2D eigenvalue weighted by Gasteiger charge is -2.40. The lowest BCUT2D eigenvalue weighted by Crippen LogP contribution is -2.44. The molecule has 108 valence electrons. The van der Waals surface area contributed by atoms with E-state index in [1.54, 1.807) is 7.11 Å². The predicted molar refractivity (Wildman–Crippen MR) is 73.6 cm³/mol. The highest BCUT2D eigenvalue weighted by molar-refractivity contribution is 5.77.